The normalized spacial score (nSPS) is 26.4. The van der Waals surface area contributed by atoms with Gasteiger partial charge >= 0.3 is 6.18 Å². The van der Waals surface area contributed by atoms with Crippen molar-refractivity contribution < 1.29 is 35.2 Å². The van der Waals surface area contributed by atoms with Crippen molar-refractivity contribution in [3.8, 4) is 0 Å². The zero-order chi connectivity index (χ0) is 33.0. The summed E-state index contributed by atoms with van der Waals surface area (Å²) in [7, 11) is -3.47. The number of hydrogen-bond donors (Lipinski definition) is 2. The van der Waals surface area contributed by atoms with E-state index in [-0.39, 0.29) is 57.7 Å². The molecule has 1 aromatic heterocycles. The molecule has 4 heterocycles. The number of nitrogens with one attached hydrogen (secondary N) is 1. The SMILES string of the molecule is NC(C(=O)Nc1cccc(F)c1CCC1C2CN2C2CCCS(=O)(=O)N1C2)C(c1cncc(C(F)(F)F)c1)c1ccc(Cl)c(F)c1. The van der Waals surface area contributed by atoms with Crippen LogP contribution in [0.3, 0.4) is 0 Å². The maximum Gasteiger partial charge on any atom is 0.417 e. The van der Waals surface area contributed by atoms with E-state index in [1.165, 1.54) is 30.3 Å². The predicted molar refractivity (Wildman–Crippen MR) is 162 cm³/mol. The monoisotopic (exact) mass is 683 g/mol. The molecule has 3 aliphatic heterocycles. The van der Waals surface area contributed by atoms with Crippen LogP contribution in [0.25, 0.3) is 0 Å². The van der Waals surface area contributed by atoms with Gasteiger partial charge in [0.05, 0.1) is 22.4 Å². The molecule has 3 saturated heterocycles. The van der Waals surface area contributed by atoms with E-state index in [1.54, 1.807) is 4.31 Å². The molecule has 0 spiro atoms. The van der Waals surface area contributed by atoms with E-state index in [1.807, 2.05) is 0 Å². The molecule has 246 valence electrons. The zero-order valence-electron chi connectivity index (χ0n) is 24.4. The van der Waals surface area contributed by atoms with Crippen LogP contribution in [0.1, 0.15) is 47.4 Å². The lowest BCUT2D eigenvalue weighted by molar-refractivity contribution is -0.137. The van der Waals surface area contributed by atoms with Gasteiger partial charge in [0.25, 0.3) is 0 Å². The molecule has 3 N–H and O–H groups in total. The van der Waals surface area contributed by atoms with Crippen LogP contribution in [-0.2, 0) is 27.4 Å². The first kappa shape index (κ1) is 32.8. The van der Waals surface area contributed by atoms with Gasteiger partial charge in [0.1, 0.15) is 11.6 Å². The van der Waals surface area contributed by atoms with Gasteiger partial charge in [0.2, 0.25) is 15.9 Å². The number of amides is 1. The highest BCUT2D eigenvalue weighted by Crippen LogP contribution is 2.41. The fraction of sp³-hybridized carbons (Fsp3) is 0.419. The molecule has 3 fully saturated rings. The first-order valence-electron chi connectivity index (χ1n) is 14.8. The summed E-state index contributed by atoms with van der Waals surface area (Å²) in [6.45, 7) is 1.17. The molecule has 8 nitrogen and oxygen atoms in total. The van der Waals surface area contributed by atoms with Crippen molar-refractivity contribution >= 4 is 33.2 Å². The molecule has 2 aromatic carbocycles. The van der Waals surface area contributed by atoms with Crippen LogP contribution in [0, 0.1) is 11.6 Å². The smallest absolute Gasteiger partial charge is 0.324 e. The van der Waals surface area contributed by atoms with Gasteiger partial charge in [0, 0.05) is 60.8 Å². The number of sulfonamides is 1. The number of pyridine rings is 1. The first-order chi connectivity index (χ1) is 21.7. The molecule has 3 aliphatic rings. The third kappa shape index (κ3) is 6.50. The second kappa shape index (κ2) is 12.5. The molecule has 7 unspecified atom stereocenters. The number of carbonyl (C=O) groups is 1. The number of fused-ring (bicyclic) bond motifs is 4. The van der Waals surface area contributed by atoms with Crippen LogP contribution in [0.4, 0.5) is 27.6 Å². The van der Waals surface area contributed by atoms with E-state index in [9.17, 15) is 30.8 Å². The highest BCUT2D eigenvalue weighted by Gasteiger charge is 2.55. The Hall–Kier alpha value is -3.17. The van der Waals surface area contributed by atoms with Gasteiger partial charge in [-0.1, -0.05) is 23.7 Å². The lowest BCUT2D eigenvalue weighted by Gasteiger charge is -2.37. The summed E-state index contributed by atoms with van der Waals surface area (Å²) in [5, 5.41) is 2.38. The first-order valence-corrected chi connectivity index (χ1v) is 16.8. The summed E-state index contributed by atoms with van der Waals surface area (Å²) in [5.74, 6) is -3.57. The average Bonchev–Trinajstić information content (AvgIpc) is 3.81. The number of carbonyl (C=O) groups excluding carboxylic acids is 1. The molecule has 1 amide bonds. The number of nitrogens with two attached hydrogens (primary N) is 1. The number of nitrogens with zero attached hydrogens (tertiary/aromatic N) is 3. The van der Waals surface area contributed by atoms with Gasteiger partial charge in [0.15, 0.2) is 0 Å². The number of hydrogen-bond acceptors (Lipinski definition) is 6. The fourth-order valence-electron chi connectivity index (χ4n) is 6.79. The van der Waals surface area contributed by atoms with Crippen molar-refractivity contribution in [2.45, 2.75) is 61.9 Å². The van der Waals surface area contributed by atoms with Gasteiger partial charge in [-0.2, -0.15) is 17.5 Å². The van der Waals surface area contributed by atoms with Crippen molar-refractivity contribution in [1.82, 2.24) is 14.2 Å². The van der Waals surface area contributed by atoms with Crippen LogP contribution < -0.4 is 11.1 Å². The Bertz CT molecular complexity index is 1760. The Morgan fingerprint density at radius 1 is 1.09 bits per heavy atom. The molecule has 15 heteroatoms. The summed E-state index contributed by atoms with van der Waals surface area (Å²) in [4.78, 5) is 19.6. The van der Waals surface area contributed by atoms with E-state index >= 15 is 4.39 Å². The van der Waals surface area contributed by atoms with Gasteiger partial charge < -0.3 is 11.1 Å². The van der Waals surface area contributed by atoms with Gasteiger partial charge in [-0.05, 0) is 67.1 Å². The van der Waals surface area contributed by atoms with Crippen LogP contribution in [0.2, 0.25) is 5.02 Å². The number of aromatic nitrogens is 1. The Labute approximate surface area is 267 Å². The van der Waals surface area contributed by atoms with Gasteiger partial charge in [-0.15, -0.1) is 0 Å². The molecule has 0 radical (unpaired) electrons. The zero-order valence-corrected chi connectivity index (χ0v) is 25.9. The number of anilines is 1. The van der Waals surface area contributed by atoms with E-state index in [4.69, 9.17) is 17.3 Å². The van der Waals surface area contributed by atoms with Crippen molar-refractivity contribution in [2.24, 2.45) is 5.73 Å². The van der Waals surface area contributed by atoms with Crippen LogP contribution in [0.15, 0.2) is 54.9 Å². The number of benzene rings is 2. The largest absolute Gasteiger partial charge is 0.417 e. The quantitative estimate of drug-likeness (QED) is 0.258. The minimum atomic E-state index is -4.75. The predicted octanol–water partition coefficient (Wildman–Crippen LogP) is 4.92. The standard InChI is InChI=1S/C31H31ClF5N5O3S/c32-22-8-6-17(12-24(22)34)28(18-11-19(14-39-13-18)31(35,36)37)29(38)30(43)40-25-5-1-4-23(33)21(25)7-9-26-27-16-41(27)20-3-2-10-46(44,45)42(26)15-20/h1,4-6,8,11-14,20,26-29H,2-3,7,9-10,15-16,38H2,(H,40,43). The molecule has 46 heavy (non-hydrogen) atoms. The minimum Gasteiger partial charge on any atom is -0.324 e. The number of rotatable bonds is 8. The summed E-state index contributed by atoms with van der Waals surface area (Å²) in [6.07, 6.45) is -1.20. The fourth-order valence-corrected chi connectivity index (χ4v) is 8.73. The topological polar surface area (TPSA) is 108 Å². The lowest BCUT2D eigenvalue weighted by atomic mass is 9.85. The number of alkyl halides is 3. The van der Waals surface area contributed by atoms with Crippen molar-refractivity contribution in [2.75, 3.05) is 24.2 Å². The molecule has 2 bridgehead atoms. The minimum absolute atomic E-state index is 0.0477. The second-order valence-electron chi connectivity index (χ2n) is 12.0. The molecular weight excluding hydrogens is 653 g/mol. The number of halogens is 6. The lowest BCUT2D eigenvalue weighted by Crippen LogP contribution is -2.53. The summed E-state index contributed by atoms with van der Waals surface area (Å²) >= 11 is 5.83. The van der Waals surface area contributed by atoms with Crippen molar-refractivity contribution in [1.29, 1.82) is 0 Å². The maximum absolute atomic E-state index is 15.3. The van der Waals surface area contributed by atoms with Gasteiger partial charge in [-0.3, -0.25) is 14.7 Å². The van der Waals surface area contributed by atoms with E-state index < -0.39 is 51.3 Å². The Kier molecular flexibility index (Phi) is 8.87. The molecular formula is C31H31ClF5N5O3S. The summed E-state index contributed by atoms with van der Waals surface area (Å²) in [6, 6.07) is 6.72. The summed E-state index contributed by atoms with van der Waals surface area (Å²) < 4.78 is 98.0. The maximum atomic E-state index is 15.3. The molecule has 0 saturated carbocycles. The molecule has 7 atom stereocenters. The van der Waals surface area contributed by atoms with Crippen LogP contribution in [0.5, 0.6) is 0 Å². The van der Waals surface area contributed by atoms with Crippen LogP contribution >= 0.6 is 11.6 Å². The van der Waals surface area contributed by atoms with Crippen molar-refractivity contribution in [3.63, 3.8) is 0 Å². The van der Waals surface area contributed by atoms with E-state index in [2.05, 4.69) is 15.2 Å². The highest BCUT2D eigenvalue weighted by molar-refractivity contribution is 7.89. The molecule has 0 aliphatic carbocycles. The highest BCUT2D eigenvalue weighted by atomic mass is 35.5. The van der Waals surface area contributed by atoms with E-state index in [0.717, 1.165) is 31.3 Å². The number of piperazine rings is 1. The summed E-state index contributed by atoms with van der Waals surface area (Å²) in [5.41, 5.74) is 5.50. The van der Waals surface area contributed by atoms with Gasteiger partial charge in [-0.25, -0.2) is 17.2 Å². The van der Waals surface area contributed by atoms with Crippen LogP contribution in [-0.4, -0.2) is 71.5 Å². The molecule has 6 rings (SSSR count). The third-order valence-electron chi connectivity index (χ3n) is 9.14. The Morgan fingerprint density at radius 2 is 1.87 bits per heavy atom. The van der Waals surface area contributed by atoms with E-state index in [0.29, 0.717) is 25.6 Å². The third-order valence-corrected chi connectivity index (χ3v) is 11.4. The average molecular weight is 684 g/mol. The Balaban J connectivity index is 1.26. The second-order valence-corrected chi connectivity index (χ2v) is 14.4. The molecule has 3 aromatic rings. The Morgan fingerprint density at radius 3 is 2.61 bits per heavy atom. The van der Waals surface area contributed by atoms with Crippen molar-refractivity contribution in [3.05, 3.63) is 93.8 Å².